The van der Waals surface area contributed by atoms with Gasteiger partial charge in [-0.25, -0.2) is 4.79 Å². The largest absolute Gasteiger partial charge is 0.461 e. The number of alkyl halides is 2. The summed E-state index contributed by atoms with van der Waals surface area (Å²) < 4.78 is 30.6. The summed E-state index contributed by atoms with van der Waals surface area (Å²) in [5.41, 5.74) is -0.410. The Hall–Kier alpha value is -1.00. The first-order chi connectivity index (χ1) is 6.73. The average molecular weight is 220 g/mol. The molecule has 0 radical (unpaired) electrons. The Kier molecular flexibility index (Phi) is 2.85. The monoisotopic (exact) mass is 220 g/mol. The van der Waals surface area contributed by atoms with Crippen LogP contribution in [0.2, 0.25) is 0 Å². The molecule has 1 aliphatic rings. The maximum atomic E-state index is 13.2. The summed E-state index contributed by atoms with van der Waals surface area (Å²) in [6, 6.07) is 0. The molecule has 1 rings (SSSR count). The minimum absolute atomic E-state index is 0.157. The molecule has 86 valence electrons. The highest BCUT2D eigenvalue weighted by Gasteiger charge is 2.61. The smallest absolute Gasteiger partial charge is 0.400 e. The maximum Gasteiger partial charge on any atom is 0.400 e. The Morgan fingerprint density at radius 1 is 1.47 bits per heavy atom. The first kappa shape index (κ1) is 12.1. The van der Waals surface area contributed by atoms with Crippen LogP contribution in [0.1, 0.15) is 27.2 Å². The number of esters is 1. The lowest BCUT2D eigenvalue weighted by Crippen LogP contribution is -2.41. The van der Waals surface area contributed by atoms with Crippen molar-refractivity contribution in [2.24, 2.45) is 11.3 Å². The Balaban J connectivity index is 2.70. The molecule has 1 fully saturated rings. The molecule has 1 unspecified atom stereocenters. The highest BCUT2D eigenvalue weighted by atomic mass is 19.3. The van der Waals surface area contributed by atoms with Crippen LogP contribution in [0.25, 0.3) is 0 Å². The molecular formula is C10H14F2O3. The summed E-state index contributed by atoms with van der Waals surface area (Å²) >= 11 is 0. The maximum absolute atomic E-state index is 13.2. The molecule has 0 aromatic heterocycles. The molecule has 0 aromatic rings. The summed E-state index contributed by atoms with van der Waals surface area (Å²) in [5, 5.41) is 0. The lowest BCUT2D eigenvalue weighted by atomic mass is 10.0. The Bertz CT molecular complexity index is 297. The number of hydrogen-bond donors (Lipinski definition) is 0. The van der Waals surface area contributed by atoms with Gasteiger partial charge < -0.3 is 4.74 Å². The molecule has 15 heavy (non-hydrogen) atoms. The minimum atomic E-state index is -3.99. The third kappa shape index (κ3) is 2.16. The zero-order valence-corrected chi connectivity index (χ0v) is 8.97. The van der Waals surface area contributed by atoms with Crippen molar-refractivity contribution >= 4 is 11.8 Å². The molecule has 1 saturated carbocycles. The van der Waals surface area contributed by atoms with Crippen molar-refractivity contribution in [3.05, 3.63) is 0 Å². The topological polar surface area (TPSA) is 43.4 Å². The number of ketones is 1. The standard InChI is InChI=1S/C10H14F2O3/c1-4-15-8(14)10(11,12)7(13)6-5-9(6,2)3/h6H,4-5H2,1-3H3. The van der Waals surface area contributed by atoms with Crippen molar-refractivity contribution in [3.8, 4) is 0 Å². The van der Waals surface area contributed by atoms with E-state index in [1.165, 1.54) is 6.92 Å². The van der Waals surface area contributed by atoms with Crippen LogP contribution in [-0.4, -0.2) is 24.3 Å². The fraction of sp³-hybridized carbons (Fsp3) is 0.800. The molecule has 0 heterocycles. The van der Waals surface area contributed by atoms with Crippen molar-refractivity contribution in [1.29, 1.82) is 0 Å². The van der Waals surface area contributed by atoms with E-state index >= 15 is 0 Å². The van der Waals surface area contributed by atoms with E-state index in [1.807, 2.05) is 0 Å². The quantitative estimate of drug-likeness (QED) is 0.536. The number of Topliss-reactive ketones (excluding diaryl/α,β-unsaturated/α-hetero) is 1. The second-order valence-electron chi connectivity index (χ2n) is 4.40. The van der Waals surface area contributed by atoms with Crippen molar-refractivity contribution in [3.63, 3.8) is 0 Å². The summed E-state index contributed by atoms with van der Waals surface area (Å²) in [6.45, 7) is 4.70. The van der Waals surface area contributed by atoms with Gasteiger partial charge in [0.2, 0.25) is 5.78 Å². The number of carbonyl (C=O) groups is 2. The van der Waals surface area contributed by atoms with Gasteiger partial charge >= 0.3 is 11.9 Å². The van der Waals surface area contributed by atoms with Gasteiger partial charge in [0.1, 0.15) is 0 Å². The Labute approximate surface area is 86.8 Å². The molecule has 0 aromatic carbocycles. The summed E-state index contributed by atoms with van der Waals surface area (Å²) in [4.78, 5) is 22.2. The fourth-order valence-corrected chi connectivity index (χ4v) is 1.46. The van der Waals surface area contributed by atoms with Gasteiger partial charge in [-0.2, -0.15) is 8.78 Å². The number of carbonyl (C=O) groups excluding carboxylic acids is 2. The van der Waals surface area contributed by atoms with Gasteiger partial charge in [-0.1, -0.05) is 13.8 Å². The van der Waals surface area contributed by atoms with E-state index in [1.54, 1.807) is 13.8 Å². The van der Waals surface area contributed by atoms with Crippen molar-refractivity contribution in [2.75, 3.05) is 6.61 Å². The van der Waals surface area contributed by atoms with Crippen LogP contribution >= 0.6 is 0 Å². The van der Waals surface area contributed by atoms with Crippen molar-refractivity contribution < 1.29 is 23.1 Å². The molecule has 0 saturated heterocycles. The first-order valence-corrected chi connectivity index (χ1v) is 4.83. The molecule has 1 aliphatic carbocycles. The summed E-state index contributed by atoms with van der Waals surface area (Å²) in [5.74, 6) is -7.77. The number of ether oxygens (including phenoxy) is 1. The third-order valence-corrected chi connectivity index (χ3v) is 2.67. The second kappa shape index (κ2) is 3.54. The molecule has 0 amide bonds. The van der Waals surface area contributed by atoms with Gasteiger partial charge in [-0.15, -0.1) is 0 Å². The number of rotatable bonds is 4. The van der Waals surface area contributed by atoms with Crippen molar-refractivity contribution in [1.82, 2.24) is 0 Å². The molecule has 0 spiro atoms. The summed E-state index contributed by atoms with van der Waals surface area (Å²) in [7, 11) is 0. The van der Waals surface area contributed by atoms with E-state index in [-0.39, 0.29) is 6.61 Å². The van der Waals surface area contributed by atoms with E-state index in [0.29, 0.717) is 6.42 Å². The molecule has 0 N–H and O–H groups in total. The predicted molar refractivity (Wildman–Crippen MR) is 48.5 cm³/mol. The van der Waals surface area contributed by atoms with Gasteiger partial charge in [0.25, 0.3) is 0 Å². The van der Waals surface area contributed by atoms with Crippen LogP contribution < -0.4 is 0 Å². The second-order valence-corrected chi connectivity index (χ2v) is 4.40. The number of hydrogen-bond acceptors (Lipinski definition) is 3. The highest BCUT2D eigenvalue weighted by Crippen LogP contribution is 2.54. The van der Waals surface area contributed by atoms with Crippen LogP contribution in [0.4, 0.5) is 8.78 Å². The van der Waals surface area contributed by atoms with Gasteiger partial charge in [0.05, 0.1) is 6.61 Å². The Morgan fingerprint density at radius 3 is 2.27 bits per heavy atom. The van der Waals surface area contributed by atoms with Crippen LogP contribution in [0, 0.1) is 11.3 Å². The van der Waals surface area contributed by atoms with Crippen LogP contribution in [-0.2, 0) is 14.3 Å². The van der Waals surface area contributed by atoms with Gasteiger partial charge in [0.15, 0.2) is 0 Å². The molecule has 3 nitrogen and oxygen atoms in total. The number of halogens is 2. The third-order valence-electron chi connectivity index (χ3n) is 2.67. The molecule has 0 aliphatic heterocycles. The van der Waals surface area contributed by atoms with E-state index < -0.39 is 29.0 Å². The Morgan fingerprint density at radius 2 is 1.93 bits per heavy atom. The summed E-state index contributed by atoms with van der Waals surface area (Å²) in [6.07, 6.45) is 0.404. The molecule has 5 heteroatoms. The predicted octanol–water partition coefficient (Wildman–Crippen LogP) is 1.80. The van der Waals surface area contributed by atoms with Gasteiger partial charge in [-0.3, -0.25) is 4.79 Å². The van der Waals surface area contributed by atoms with E-state index in [2.05, 4.69) is 4.74 Å². The lowest BCUT2D eigenvalue weighted by molar-refractivity contribution is -0.177. The van der Waals surface area contributed by atoms with E-state index in [0.717, 1.165) is 0 Å². The van der Waals surface area contributed by atoms with Crippen LogP contribution in [0.5, 0.6) is 0 Å². The van der Waals surface area contributed by atoms with Gasteiger partial charge in [-0.05, 0) is 18.8 Å². The van der Waals surface area contributed by atoms with E-state index in [9.17, 15) is 18.4 Å². The van der Waals surface area contributed by atoms with E-state index in [4.69, 9.17) is 0 Å². The van der Waals surface area contributed by atoms with Crippen molar-refractivity contribution in [2.45, 2.75) is 33.1 Å². The lowest BCUT2D eigenvalue weighted by Gasteiger charge is -2.13. The molecule has 0 bridgehead atoms. The van der Waals surface area contributed by atoms with Crippen LogP contribution in [0.3, 0.4) is 0 Å². The zero-order chi connectivity index (χ0) is 11.9. The van der Waals surface area contributed by atoms with Gasteiger partial charge in [0, 0.05) is 5.92 Å². The normalized spacial score (nSPS) is 23.4. The molecular weight excluding hydrogens is 206 g/mol. The fourth-order valence-electron chi connectivity index (χ4n) is 1.46. The minimum Gasteiger partial charge on any atom is -0.461 e. The van der Waals surface area contributed by atoms with Crippen LogP contribution in [0.15, 0.2) is 0 Å². The molecule has 1 atom stereocenters. The SMILES string of the molecule is CCOC(=O)C(F)(F)C(=O)C1CC1(C)C. The zero-order valence-electron chi connectivity index (χ0n) is 8.97. The highest BCUT2D eigenvalue weighted by molar-refractivity contribution is 6.07. The average Bonchev–Trinajstić information content (AvgIpc) is 2.74. The first-order valence-electron chi connectivity index (χ1n) is 4.83.